The standard InChI is InChI=1S/C18H12ClN3O2S2/c1-24-12-6-7-13-14(8-12)26-16(15(13)19)17(23)22-18(25)21-11-4-2-10(9-20)3-5-11/h2-8H,1H3,(H2,21,22,23,25). The topological polar surface area (TPSA) is 74.2 Å². The summed E-state index contributed by atoms with van der Waals surface area (Å²) in [6.07, 6.45) is 0. The van der Waals surface area contributed by atoms with Gasteiger partial charge in [0.1, 0.15) is 10.6 Å². The van der Waals surface area contributed by atoms with Crippen LogP contribution in [0.15, 0.2) is 42.5 Å². The first-order valence-corrected chi connectivity index (χ1v) is 9.00. The summed E-state index contributed by atoms with van der Waals surface area (Å²) in [4.78, 5) is 12.9. The molecule has 130 valence electrons. The first-order chi connectivity index (χ1) is 12.5. The van der Waals surface area contributed by atoms with E-state index in [1.807, 2.05) is 18.2 Å². The van der Waals surface area contributed by atoms with Gasteiger partial charge in [-0.2, -0.15) is 5.26 Å². The lowest BCUT2D eigenvalue weighted by molar-refractivity contribution is 0.0982. The average Bonchev–Trinajstić information content (AvgIpc) is 2.98. The second-order valence-electron chi connectivity index (χ2n) is 5.20. The number of thiocarbonyl (C=S) groups is 1. The van der Waals surface area contributed by atoms with Gasteiger partial charge in [-0.05, 0) is 54.7 Å². The van der Waals surface area contributed by atoms with Crippen LogP contribution in [0.5, 0.6) is 5.75 Å². The van der Waals surface area contributed by atoms with Crippen molar-refractivity contribution in [2.24, 2.45) is 0 Å². The molecule has 0 aliphatic carbocycles. The Labute approximate surface area is 164 Å². The Balaban J connectivity index is 1.74. The van der Waals surface area contributed by atoms with Crippen molar-refractivity contribution in [1.82, 2.24) is 5.32 Å². The lowest BCUT2D eigenvalue weighted by atomic mass is 10.2. The number of nitrogens with zero attached hydrogens (tertiary/aromatic N) is 1. The third-order valence-corrected chi connectivity index (χ3v) is 5.40. The number of anilines is 1. The van der Waals surface area contributed by atoms with Crippen LogP contribution in [0.2, 0.25) is 5.02 Å². The van der Waals surface area contributed by atoms with Crippen LogP contribution in [-0.4, -0.2) is 18.1 Å². The molecular formula is C18H12ClN3O2S2. The summed E-state index contributed by atoms with van der Waals surface area (Å²) in [6.45, 7) is 0. The predicted octanol–water partition coefficient (Wildman–Crippen LogP) is 4.56. The monoisotopic (exact) mass is 401 g/mol. The van der Waals surface area contributed by atoms with Gasteiger partial charge in [0.2, 0.25) is 0 Å². The van der Waals surface area contributed by atoms with Gasteiger partial charge in [0.25, 0.3) is 5.91 Å². The Morgan fingerprint density at radius 3 is 2.65 bits per heavy atom. The number of rotatable bonds is 3. The molecule has 0 bridgehead atoms. The van der Waals surface area contributed by atoms with Crippen molar-refractivity contribution in [2.75, 3.05) is 12.4 Å². The number of fused-ring (bicyclic) bond motifs is 1. The van der Waals surface area contributed by atoms with Crippen molar-refractivity contribution in [2.45, 2.75) is 0 Å². The Morgan fingerprint density at radius 1 is 1.27 bits per heavy atom. The van der Waals surface area contributed by atoms with Gasteiger partial charge >= 0.3 is 0 Å². The highest BCUT2D eigenvalue weighted by atomic mass is 35.5. The quantitative estimate of drug-likeness (QED) is 0.629. The number of methoxy groups -OCH3 is 1. The molecule has 1 heterocycles. The van der Waals surface area contributed by atoms with Gasteiger partial charge in [-0.15, -0.1) is 11.3 Å². The first-order valence-electron chi connectivity index (χ1n) is 7.40. The maximum atomic E-state index is 12.5. The summed E-state index contributed by atoms with van der Waals surface area (Å²) in [5, 5.41) is 15.6. The number of nitriles is 1. The molecule has 1 aromatic heterocycles. The maximum Gasteiger partial charge on any atom is 0.269 e. The zero-order valence-corrected chi connectivity index (χ0v) is 15.9. The predicted molar refractivity (Wildman–Crippen MR) is 108 cm³/mol. The number of ether oxygens (including phenoxy) is 1. The molecule has 3 rings (SSSR count). The van der Waals surface area contributed by atoms with Crippen LogP contribution in [0.25, 0.3) is 10.1 Å². The van der Waals surface area contributed by atoms with E-state index in [0.717, 1.165) is 10.1 Å². The highest BCUT2D eigenvalue weighted by Gasteiger charge is 2.18. The molecule has 0 aliphatic rings. The SMILES string of the molecule is COc1ccc2c(Cl)c(C(=O)NC(=S)Nc3ccc(C#N)cc3)sc2c1. The first kappa shape index (κ1) is 18.1. The summed E-state index contributed by atoms with van der Waals surface area (Å²) in [5.41, 5.74) is 1.21. The van der Waals surface area contributed by atoms with E-state index in [0.29, 0.717) is 26.9 Å². The van der Waals surface area contributed by atoms with Gasteiger partial charge in [0.15, 0.2) is 5.11 Å². The number of thiophene rings is 1. The molecule has 1 amide bonds. The molecule has 26 heavy (non-hydrogen) atoms. The molecule has 2 N–H and O–H groups in total. The van der Waals surface area contributed by atoms with E-state index in [9.17, 15) is 4.79 Å². The minimum absolute atomic E-state index is 0.144. The van der Waals surface area contributed by atoms with Crippen LogP contribution >= 0.6 is 35.2 Å². The average molecular weight is 402 g/mol. The van der Waals surface area contributed by atoms with E-state index < -0.39 is 0 Å². The van der Waals surface area contributed by atoms with E-state index in [-0.39, 0.29) is 11.0 Å². The molecule has 0 radical (unpaired) electrons. The van der Waals surface area contributed by atoms with Crippen molar-refractivity contribution in [3.05, 3.63) is 57.9 Å². The maximum absolute atomic E-state index is 12.5. The second kappa shape index (κ2) is 7.70. The molecule has 5 nitrogen and oxygen atoms in total. The molecule has 0 unspecified atom stereocenters. The fraction of sp³-hybridized carbons (Fsp3) is 0.0556. The largest absolute Gasteiger partial charge is 0.497 e. The number of benzene rings is 2. The van der Waals surface area contributed by atoms with Crippen LogP contribution in [0.4, 0.5) is 5.69 Å². The van der Waals surface area contributed by atoms with Gasteiger partial charge in [0, 0.05) is 15.8 Å². The van der Waals surface area contributed by atoms with Gasteiger partial charge < -0.3 is 10.1 Å². The highest BCUT2D eigenvalue weighted by Crippen LogP contribution is 2.37. The molecule has 0 fully saturated rings. The number of carbonyl (C=O) groups excluding carboxylic acids is 1. The zero-order valence-electron chi connectivity index (χ0n) is 13.5. The van der Waals surface area contributed by atoms with E-state index >= 15 is 0 Å². The van der Waals surface area contributed by atoms with Gasteiger partial charge in [-0.3, -0.25) is 10.1 Å². The second-order valence-corrected chi connectivity index (χ2v) is 7.04. The van der Waals surface area contributed by atoms with Crippen molar-refractivity contribution in [3.8, 4) is 11.8 Å². The Morgan fingerprint density at radius 2 is 2.00 bits per heavy atom. The molecule has 0 aliphatic heterocycles. The Bertz CT molecular complexity index is 1040. The minimum Gasteiger partial charge on any atom is -0.497 e. The fourth-order valence-corrected chi connectivity index (χ4v) is 3.92. The summed E-state index contributed by atoms with van der Waals surface area (Å²) in [7, 11) is 1.58. The number of nitrogens with one attached hydrogen (secondary N) is 2. The Kier molecular flexibility index (Phi) is 5.38. The van der Waals surface area contributed by atoms with Crippen LogP contribution in [0, 0.1) is 11.3 Å². The van der Waals surface area contributed by atoms with E-state index in [1.54, 1.807) is 37.4 Å². The molecule has 0 saturated carbocycles. The zero-order chi connectivity index (χ0) is 18.7. The van der Waals surface area contributed by atoms with E-state index in [4.69, 9.17) is 33.8 Å². The van der Waals surface area contributed by atoms with Crippen molar-refractivity contribution >= 4 is 61.9 Å². The summed E-state index contributed by atoms with van der Waals surface area (Å²) in [5.74, 6) is 0.307. The smallest absolute Gasteiger partial charge is 0.269 e. The third kappa shape index (κ3) is 3.78. The fourth-order valence-electron chi connectivity index (χ4n) is 2.27. The summed E-state index contributed by atoms with van der Waals surface area (Å²) in [6, 6.07) is 14.2. The van der Waals surface area contributed by atoms with Gasteiger partial charge in [0.05, 0.1) is 23.8 Å². The highest BCUT2D eigenvalue weighted by molar-refractivity contribution is 7.80. The van der Waals surface area contributed by atoms with Crippen molar-refractivity contribution in [3.63, 3.8) is 0 Å². The number of carbonyl (C=O) groups is 1. The Hall–Kier alpha value is -2.66. The van der Waals surface area contributed by atoms with Crippen molar-refractivity contribution in [1.29, 1.82) is 5.26 Å². The number of halogens is 1. The minimum atomic E-state index is -0.388. The number of hydrogen-bond donors (Lipinski definition) is 2. The lowest BCUT2D eigenvalue weighted by Gasteiger charge is -2.09. The van der Waals surface area contributed by atoms with Crippen LogP contribution in [-0.2, 0) is 0 Å². The van der Waals surface area contributed by atoms with Crippen LogP contribution in [0.3, 0.4) is 0 Å². The van der Waals surface area contributed by atoms with Crippen molar-refractivity contribution < 1.29 is 9.53 Å². The molecule has 0 saturated heterocycles. The molecule has 0 atom stereocenters. The van der Waals surface area contributed by atoms with Crippen LogP contribution in [0.1, 0.15) is 15.2 Å². The third-order valence-electron chi connectivity index (χ3n) is 3.54. The molecule has 0 spiro atoms. The van der Waals surface area contributed by atoms with Gasteiger partial charge in [-0.25, -0.2) is 0 Å². The lowest BCUT2D eigenvalue weighted by Crippen LogP contribution is -2.33. The number of amides is 1. The summed E-state index contributed by atoms with van der Waals surface area (Å²) >= 11 is 12.8. The normalized spacial score (nSPS) is 10.2. The molecule has 8 heteroatoms. The van der Waals surface area contributed by atoms with E-state index in [2.05, 4.69) is 10.6 Å². The number of hydrogen-bond acceptors (Lipinski definition) is 5. The van der Waals surface area contributed by atoms with Gasteiger partial charge in [-0.1, -0.05) is 11.6 Å². The molecular weight excluding hydrogens is 390 g/mol. The van der Waals surface area contributed by atoms with Crippen LogP contribution < -0.4 is 15.4 Å². The molecule has 2 aromatic carbocycles. The van der Waals surface area contributed by atoms with E-state index in [1.165, 1.54) is 11.3 Å². The molecule has 3 aromatic rings. The summed E-state index contributed by atoms with van der Waals surface area (Å²) < 4.78 is 6.04.